The summed E-state index contributed by atoms with van der Waals surface area (Å²) in [6, 6.07) is 0. The van der Waals surface area contributed by atoms with Crippen molar-refractivity contribution in [2.24, 2.45) is 5.92 Å². The second kappa shape index (κ2) is 7.31. The number of rotatable bonds is 6. The number of nitrogens with zero attached hydrogens (tertiary/aromatic N) is 2. The van der Waals surface area contributed by atoms with Gasteiger partial charge in [-0.1, -0.05) is 0 Å². The maximum atomic E-state index is 5.37. The lowest BCUT2D eigenvalue weighted by Gasteiger charge is -2.32. The molecule has 0 saturated carbocycles. The van der Waals surface area contributed by atoms with Crippen LogP contribution in [0.1, 0.15) is 12.8 Å². The fourth-order valence-electron chi connectivity index (χ4n) is 2.55. The molecule has 2 aliphatic heterocycles. The van der Waals surface area contributed by atoms with Gasteiger partial charge in [-0.15, -0.1) is 0 Å². The van der Waals surface area contributed by atoms with Crippen LogP contribution in [0.4, 0.5) is 0 Å². The average molecular weight is 241 g/mol. The van der Waals surface area contributed by atoms with Crippen LogP contribution in [0.5, 0.6) is 0 Å². The van der Waals surface area contributed by atoms with Gasteiger partial charge in [-0.05, 0) is 38.9 Å². The first-order valence-electron chi connectivity index (χ1n) is 7.04. The topological polar surface area (TPSA) is 27.7 Å². The molecule has 2 heterocycles. The fourth-order valence-corrected chi connectivity index (χ4v) is 2.55. The van der Waals surface area contributed by atoms with E-state index in [1.165, 1.54) is 45.6 Å². The number of hydrogen-bond acceptors (Lipinski definition) is 4. The van der Waals surface area contributed by atoms with E-state index in [1.54, 1.807) is 0 Å². The highest BCUT2D eigenvalue weighted by Crippen LogP contribution is 2.10. The van der Waals surface area contributed by atoms with Crippen molar-refractivity contribution in [3.8, 4) is 0 Å². The van der Waals surface area contributed by atoms with Gasteiger partial charge in [0, 0.05) is 39.3 Å². The van der Waals surface area contributed by atoms with Crippen molar-refractivity contribution >= 4 is 0 Å². The van der Waals surface area contributed by atoms with Gasteiger partial charge in [-0.2, -0.15) is 0 Å². The Balaban J connectivity index is 1.43. The lowest BCUT2D eigenvalue weighted by molar-refractivity contribution is 0.152. The monoisotopic (exact) mass is 241 g/mol. The quantitative estimate of drug-likeness (QED) is 0.675. The number of piperazine rings is 1. The highest BCUT2D eigenvalue weighted by atomic mass is 16.5. The predicted molar refractivity (Wildman–Crippen MR) is 70.3 cm³/mol. The molecule has 2 fully saturated rings. The third kappa shape index (κ3) is 4.92. The van der Waals surface area contributed by atoms with Crippen LogP contribution in [0.2, 0.25) is 0 Å². The summed E-state index contributed by atoms with van der Waals surface area (Å²) in [7, 11) is 2.21. The van der Waals surface area contributed by atoms with E-state index >= 15 is 0 Å². The van der Waals surface area contributed by atoms with Crippen LogP contribution in [0.15, 0.2) is 0 Å². The zero-order valence-electron chi connectivity index (χ0n) is 11.2. The molecule has 2 rings (SSSR count). The van der Waals surface area contributed by atoms with Crippen molar-refractivity contribution in [2.75, 3.05) is 66.1 Å². The van der Waals surface area contributed by atoms with Crippen LogP contribution < -0.4 is 5.32 Å². The van der Waals surface area contributed by atoms with Crippen molar-refractivity contribution in [2.45, 2.75) is 12.8 Å². The van der Waals surface area contributed by atoms with E-state index in [2.05, 4.69) is 22.2 Å². The standard InChI is InChI=1S/C13H27N3O/c1-15-6-8-16(9-7-15)5-2-4-14-11-13-3-10-17-12-13/h13-14H,2-12H2,1H3. The van der Waals surface area contributed by atoms with Crippen LogP contribution in [0, 0.1) is 5.92 Å². The van der Waals surface area contributed by atoms with E-state index in [0.29, 0.717) is 0 Å². The first-order chi connectivity index (χ1) is 8.34. The van der Waals surface area contributed by atoms with Gasteiger partial charge < -0.3 is 19.9 Å². The van der Waals surface area contributed by atoms with Crippen LogP contribution in [-0.2, 0) is 4.74 Å². The molecule has 1 unspecified atom stereocenters. The fraction of sp³-hybridized carbons (Fsp3) is 1.00. The second-order valence-corrected chi connectivity index (χ2v) is 5.43. The molecule has 0 aromatic heterocycles. The molecule has 100 valence electrons. The van der Waals surface area contributed by atoms with Gasteiger partial charge in [0.25, 0.3) is 0 Å². The summed E-state index contributed by atoms with van der Waals surface area (Å²) in [6.45, 7) is 10.4. The van der Waals surface area contributed by atoms with Crippen molar-refractivity contribution < 1.29 is 4.74 Å². The van der Waals surface area contributed by atoms with E-state index < -0.39 is 0 Å². The summed E-state index contributed by atoms with van der Waals surface area (Å²) in [6.07, 6.45) is 2.52. The highest BCUT2D eigenvalue weighted by molar-refractivity contribution is 4.70. The summed E-state index contributed by atoms with van der Waals surface area (Å²) in [5.41, 5.74) is 0. The Kier molecular flexibility index (Phi) is 5.71. The third-order valence-corrected chi connectivity index (χ3v) is 3.88. The normalized spacial score (nSPS) is 27.7. The smallest absolute Gasteiger partial charge is 0.0507 e. The van der Waals surface area contributed by atoms with Gasteiger partial charge in [0.1, 0.15) is 0 Å². The molecular weight excluding hydrogens is 214 g/mol. The minimum atomic E-state index is 0.763. The van der Waals surface area contributed by atoms with Gasteiger partial charge in [-0.25, -0.2) is 0 Å². The van der Waals surface area contributed by atoms with Gasteiger partial charge in [-0.3, -0.25) is 0 Å². The summed E-state index contributed by atoms with van der Waals surface area (Å²) < 4.78 is 5.37. The molecule has 0 aromatic rings. The highest BCUT2D eigenvalue weighted by Gasteiger charge is 2.15. The Bertz CT molecular complexity index is 199. The maximum absolute atomic E-state index is 5.37. The Morgan fingerprint density at radius 3 is 2.76 bits per heavy atom. The third-order valence-electron chi connectivity index (χ3n) is 3.88. The lowest BCUT2D eigenvalue weighted by Crippen LogP contribution is -2.45. The van der Waals surface area contributed by atoms with Gasteiger partial charge >= 0.3 is 0 Å². The second-order valence-electron chi connectivity index (χ2n) is 5.43. The summed E-state index contributed by atoms with van der Waals surface area (Å²) in [5, 5.41) is 3.56. The predicted octanol–water partition coefficient (Wildman–Crippen LogP) is 0.250. The van der Waals surface area contributed by atoms with E-state index in [-0.39, 0.29) is 0 Å². The minimum Gasteiger partial charge on any atom is -0.381 e. The molecule has 0 radical (unpaired) electrons. The Labute approximate surface area is 105 Å². The molecule has 0 aromatic carbocycles. The molecule has 2 saturated heterocycles. The van der Waals surface area contributed by atoms with Crippen molar-refractivity contribution in [3.63, 3.8) is 0 Å². The molecule has 1 atom stereocenters. The van der Waals surface area contributed by atoms with Gasteiger partial charge in [0.15, 0.2) is 0 Å². The number of ether oxygens (including phenoxy) is 1. The van der Waals surface area contributed by atoms with Crippen molar-refractivity contribution in [1.82, 2.24) is 15.1 Å². The molecule has 0 amide bonds. The molecule has 0 bridgehead atoms. The minimum absolute atomic E-state index is 0.763. The van der Waals surface area contributed by atoms with Crippen LogP contribution in [-0.4, -0.2) is 75.9 Å². The molecule has 17 heavy (non-hydrogen) atoms. The van der Waals surface area contributed by atoms with Crippen molar-refractivity contribution in [3.05, 3.63) is 0 Å². The largest absolute Gasteiger partial charge is 0.381 e. The van der Waals surface area contributed by atoms with Crippen LogP contribution >= 0.6 is 0 Å². The number of hydrogen-bond donors (Lipinski definition) is 1. The Morgan fingerprint density at radius 1 is 1.24 bits per heavy atom. The molecular formula is C13H27N3O. The van der Waals surface area contributed by atoms with E-state index in [9.17, 15) is 0 Å². The van der Waals surface area contributed by atoms with Crippen LogP contribution in [0.25, 0.3) is 0 Å². The summed E-state index contributed by atoms with van der Waals surface area (Å²) in [5.74, 6) is 0.763. The molecule has 4 nitrogen and oxygen atoms in total. The summed E-state index contributed by atoms with van der Waals surface area (Å²) in [4.78, 5) is 5.00. The molecule has 0 spiro atoms. The average Bonchev–Trinajstić information content (AvgIpc) is 2.84. The van der Waals surface area contributed by atoms with Crippen LogP contribution in [0.3, 0.4) is 0 Å². The first kappa shape index (κ1) is 13.3. The zero-order chi connectivity index (χ0) is 11.9. The lowest BCUT2D eigenvalue weighted by atomic mass is 10.1. The molecule has 4 heteroatoms. The van der Waals surface area contributed by atoms with Gasteiger partial charge in [0.05, 0.1) is 6.61 Å². The van der Waals surface area contributed by atoms with Gasteiger partial charge in [0.2, 0.25) is 0 Å². The molecule has 2 aliphatic rings. The Hall–Kier alpha value is -0.160. The van der Waals surface area contributed by atoms with Crippen molar-refractivity contribution in [1.29, 1.82) is 0 Å². The maximum Gasteiger partial charge on any atom is 0.0507 e. The molecule has 1 N–H and O–H groups in total. The zero-order valence-corrected chi connectivity index (χ0v) is 11.2. The van der Waals surface area contributed by atoms with E-state index in [4.69, 9.17) is 4.74 Å². The van der Waals surface area contributed by atoms with E-state index in [0.717, 1.165) is 32.2 Å². The first-order valence-corrected chi connectivity index (χ1v) is 7.04. The van der Waals surface area contributed by atoms with E-state index in [1.807, 2.05) is 0 Å². The Morgan fingerprint density at radius 2 is 2.06 bits per heavy atom. The number of nitrogens with one attached hydrogen (secondary N) is 1. The summed E-state index contributed by atoms with van der Waals surface area (Å²) >= 11 is 0. The number of likely N-dealkylation sites (N-methyl/N-ethyl adjacent to an activating group) is 1. The molecule has 0 aliphatic carbocycles. The SMILES string of the molecule is CN1CCN(CCCNCC2CCOC2)CC1.